The Balaban J connectivity index is 2.22. The molecule has 0 saturated carbocycles. The van der Waals surface area contributed by atoms with Crippen LogP contribution in [-0.4, -0.2) is 18.4 Å². The van der Waals surface area contributed by atoms with Gasteiger partial charge < -0.3 is 15.0 Å². The summed E-state index contributed by atoms with van der Waals surface area (Å²) in [6, 6.07) is 0. The van der Waals surface area contributed by atoms with Crippen LogP contribution in [0.4, 0.5) is 5.88 Å². The molecule has 0 bridgehead atoms. The number of hydrogen-bond donors (Lipinski definition) is 1. The smallest absolute Gasteiger partial charge is 0.226 e. The molecule has 1 aromatic heterocycles. The molecule has 1 fully saturated rings. The van der Waals surface area contributed by atoms with Crippen molar-refractivity contribution < 1.29 is 9.26 Å². The summed E-state index contributed by atoms with van der Waals surface area (Å²) in [6.45, 7) is 1.56. The summed E-state index contributed by atoms with van der Waals surface area (Å²) < 4.78 is 11.0. The molecule has 2 rings (SSSR count). The van der Waals surface area contributed by atoms with Crippen LogP contribution in [0.15, 0.2) is 9.13 Å². The number of rotatable bonds is 1. The number of halogens is 1. The summed E-state index contributed by atoms with van der Waals surface area (Å²) in [6.07, 6.45) is 2.16. The third-order valence-electron chi connectivity index (χ3n) is 2.28. The molecule has 0 radical (unpaired) electrons. The van der Waals surface area contributed by atoms with Gasteiger partial charge in [-0.25, -0.2) is 0 Å². The third-order valence-corrected chi connectivity index (χ3v) is 2.85. The van der Waals surface area contributed by atoms with Crippen LogP contribution in [0.5, 0.6) is 0 Å². The van der Waals surface area contributed by atoms with Crippen molar-refractivity contribution >= 4 is 21.8 Å². The van der Waals surface area contributed by atoms with Crippen molar-refractivity contribution in [3.8, 4) is 0 Å². The van der Waals surface area contributed by atoms with E-state index in [-0.39, 0.29) is 0 Å². The molecule has 1 aromatic rings. The average molecular weight is 247 g/mol. The molecule has 0 aliphatic carbocycles. The largest absolute Gasteiger partial charge is 0.381 e. The molecule has 1 aliphatic rings. The number of hydrogen-bond acceptors (Lipinski definition) is 4. The van der Waals surface area contributed by atoms with Crippen LogP contribution < -0.4 is 5.73 Å². The number of nitrogens with zero attached hydrogens (tertiary/aromatic N) is 1. The first-order valence-electron chi connectivity index (χ1n) is 4.27. The maximum absolute atomic E-state index is 5.66. The fourth-order valence-corrected chi connectivity index (χ4v) is 2.22. The summed E-state index contributed by atoms with van der Waals surface area (Å²) in [7, 11) is 0. The fourth-order valence-electron chi connectivity index (χ4n) is 1.63. The van der Waals surface area contributed by atoms with Crippen molar-refractivity contribution in [2.45, 2.75) is 18.8 Å². The number of ether oxygens (including phenoxy) is 1. The van der Waals surface area contributed by atoms with Crippen molar-refractivity contribution in [2.75, 3.05) is 18.9 Å². The molecule has 0 aromatic carbocycles. The van der Waals surface area contributed by atoms with Crippen LogP contribution in [0, 0.1) is 0 Å². The van der Waals surface area contributed by atoms with Crippen LogP contribution in [0.25, 0.3) is 0 Å². The van der Waals surface area contributed by atoms with Gasteiger partial charge in [0.05, 0.1) is 12.2 Å². The van der Waals surface area contributed by atoms with Gasteiger partial charge in [0.15, 0.2) is 4.60 Å². The highest BCUT2D eigenvalue weighted by Gasteiger charge is 2.24. The molecular weight excluding hydrogens is 236 g/mol. The maximum Gasteiger partial charge on any atom is 0.226 e. The van der Waals surface area contributed by atoms with Gasteiger partial charge in [-0.1, -0.05) is 5.16 Å². The number of anilines is 1. The minimum Gasteiger partial charge on any atom is -0.381 e. The minimum atomic E-state index is 0.328. The van der Waals surface area contributed by atoms with Gasteiger partial charge in [-0.2, -0.15) is 0 Å². The van der Waals surface area contributed by atoms with Crippen LogP contribution >= 0.6 is 15.9 Å². The van der Waals surface area contributed by atoms with E-state index < -0.39 is 0 Å². The van der Waals surface area contributed by atoms with Gasteiger partial charge in [0.2, 0.25) is 5.88 Å². The molecule has 5 heteroatoms. The molecule has 72 valence electrons. The summed E-state index contributed by atoms with van der Waals surface area (Å²) in [5.74, 6) is 0.733. The van der Waals surface area contributed by atoms with E-state index in [1.807, 2.05) is 0 Å². The zero-order chi connectivity index (χ0) is 9.26. The Kier molecular flexibility index (Phi) is 2.55. The Morgan fingerprint density at radius 2 is 2.38 bits per heavy atom. The van der Waals surface area contributed by atoms with Crippen LogP contribution in [0.3, 0.4) is 0 Å². The molecule has 13 heavy (non-hydrogen) atoms. The van der Waals surface area contributed by atoms with E-state index in [1.54, 1.807) is 0 Å². The lowest BCUT2D eigenvalue weighted by atomic mass is 9.96. The molecule has 1 unspecified atom stereocenters. The van der Waals surface area contributed by atoms with Gasteiger partial charge in [-0.05, 0) is 28.8 Å². The molecule has 0 spiro atoms. The topological polar surface area (TPSA) is 61.3 Å². The van der Waals surface area contributed by atoms with Gasteiger partial charge >= 0.3 is 0 Å². The van der Waals surface area contributed by atoms with Gasteiger partial charge in [0.1, 0.15) is 0 Å². The van der Waals surface area contributed by atoms with Crippen LogP contribution in [0.2, 0.25) is 0 Å². The van der Waals surface area contributed by atoms with Gasteiger partial charge in [0, 0.05) is 12.5 Å². The van der Waals surface area contributed by atoms with E-state index >= 15 is 0 Å². The first-order valence-corrected chi connectivity index (χ1v) is 5.06. The Labute approximate surface area is 84.5 Å². The summed E-state index contributed by atoms with van der Waals surface area (Å²) in [5, 5.41) is 3.75. The highest BCUT2D eigenvalue weighted by atomic mass is 79.9. The van der Waals surface area contributed by atoms with E-state index in [0.29, 0.717) is 23.0 Å². The number of nitrogen functional groups attached to an aromatic ring is 1. The molecule has 0 amide bonds. The Morgan fingerprint density at radius 3 is 2.92 bits per heavy atom. The van der Waals surface area contributed by atoms with E-state index in [9.17, 15) is 0 Å². The van der Waals surface area contributed by atoms with Crippen LogP contribution in [0.1, 0.15) is 24.3 Å². The predicted octanol–water partition coefficient (Wildman–Crippen LogP) is 1.91. The average Bonchev–Trinajstić information content (AvgIpc) is 2.48. The normalized spacial score (nSPS) is 23.3. The van der Waals surface area contributed by atoms with Gasteiger partial charge in [0.25, 0.3) is 0 Å². The minimum absolute atomic E-state index is 0.328. The Hall–Kier alpha value is -0.550. The highest BCUT2D eigenvalue weighted by Crippen LogP contribution is 2.34. The second-order valence-electron chi connectivity index (χ2n) is 3.17. The van der Waals surface area contributed by atoms with E-state index in [0.717, 1.165) is 25.0 Å². The molecule has 1 atom stereocenters. The second-order valence-corrected chi connectivity index (χ2v) is 3.92. The lowest BCUT2D eigenvalue weighted by molar-refractivity contribution is 0.0803. The van der Waals surface area contributed by atoms with Crippen molar-refractivity contribution in [1.82, 2.24) is 5.16 Å². The lowest BCUT2D eigenvalue weighted by Crippen LogP contribution is -2.16. The van der Waals surface area contributed by atoms with Crippen molar-refractivity contribution in [3.05, 3.63) is 10.2 Å². The molecule has 2 heterocycles. The van der Waals surface area contributed by atoms with Crippen molar-refractivity contribution in [2.24, 2.45) is 0 Å². The predicted molar refractivity (Wildman–Crippen MR) is 51.4 cm³/mol. The summed E-state index contributed by atoms with van der Waals surface area (Å²) >= 11 is 3.31. The number of aromatic nitrogens is 1. The fraction of sp³-hybridized carbons (Fsp3) is 0.625. The van der Waals surface area contributed by atoms with Crippen molar-refractivity contribution in [3.63, 3.8) is 0 Å². The van der Waals surface area contributed by atoms with E-state index in [2.05, 4.69) is 21.1 Å². The zero-order valence-corrected chi connectivity index (χ0v) is 8.71. The first-order chi connectivity index (χ1) is 6.29. The van der Waals surface area contributed by atoms with E-state index in [1.165, 1.54) is 0 Å². The molecule has 4 nitrogen and oxygen atoms in total. The Morgan fingerprint density at radius 1 is 1.54 bits per heavy atom. The second kappa shape index (κ2) is 3.67. The summed E-state index contributed by atoms with van der Waals surface area (Å²) in [4.78, 5) is 0. The highest BCUT2D eigenvalue weighted by molar-refractivity contribution is 9.10. The lowest BCUT2D eigenvalue weighted by Gasteiger charge is -2.21. The zero-order valence-electron chi connectivity index (χ0n) is 7.12. The monoisotopic (exact) mass is 246 g/mol. The first kappa shape index (κ1) is 9.02. The third kappa shape index (κ3) is 1.71. The molecule has 1 aliphatic heterocycles. The van der Waals surface area contributed by atoms with Crippen LogP contribution in [-0.2, 0) is 4.74 Å². The van der Waals surface area contributed by atoms with E-state index in [4.69, 9.17) is 15.0 Å². The van der Waals surface area contributed by atoms with Crippen molar-refractivity contribution in [1.29, 1.82) is 0 Å². The summed E-state index contributed by atoms with van der Waals surface area (Å²) in [5.41, 5.74) is 6.62. The quantitative estimate of drug-likeness (QED) is 0.823. The SMILES string of the molecule is Nc1onc(Br)c1C1CCCOC1. The molecular formula is C8H11BrN2O2. The molecule has 1 saturated heterocycles. The number of nitrogens with two attached hydrogens (primary N) is 1. The van der Waals surface area contributed by atoms with Gasteiger partial charge in [-0.3, -0.25) is 0 Å². The van der Waals surface area contributed by atoms with Gasteiger partial charge in [-0.15, -0.1) is 0 Å². The standard InChI is InChI=1S/C8H11BrN2O2/c9-7-6(8(10)13-11-7)5-2-1-3-12-4-5/h5H,1-4,10H2. The Bertz CT molecular complexity index is 275. The molecule has 2 N–H and O–H groups in total. The maximum atomic E-state index is 5.66.